The number of nitrogens with zero attached hydrogens (tertiary/aromatic N) is 1. The van der Waals surface area contributed by atoms with Gasteiger partial charge in [-0.3, -0.25) is 9.69 Å². The lowest BCUT2D eigenvalue weighted by atomic mass is 10.1. The topological polar surface area (TPSA) is 54.7 Å². The van der Waals surface area contributed by atoms with Crippen LogP contribution in [0.1, 0.15) is 5.76 Å². The number of benzene rings is 1. The predicted molar refractivity (Wildman–Crippen MR) is 83.1 cm³/mol. The van der Waals surface area contributed by atoms with Crippen LogP contribution in [0, 0.1) is 11.6 Å². The molecule has 0 saturated carbocycles. The van der Waals surface area contributed by atoms with Crippen LogP contribution in [0.5, 0.6) is 0 Å². The van der Waals surface area contributed by atoms with Gasteiger partial charge in [0.1, 0.15) is 29.3 Å². The van der Waals surface area contributed by atoms with Crippen LogP contribution < -0.4 is 5.32 Å². The first kappa shape index (κ1) is 16.6. The summed E-state index contributed by atoms with van der Waals surface area (Å²) in [5.41, 5.74) is -0.172. The molecule has 1 aliphatic rings. The molecule has 1 fully saturated rings. The predicted octanol–water partition coefficient (Wildman–Crippen LogP) is 2.17. The lowest BCUT2D eigenvalue weighted by molar-refractivity contribution is -0.138. The molecule has 2 heterocycles. The molecule has 1 saturated heterocycles. The zero-order valence-electron chi connectivity index (χ0n) is 13.2. The van der Waals surface area contributed by atoms with Gasteiger partial charge in [-0.05, 0) is 24.3 Å². The highest BCUT2D eigenvalue weighted by Crippen LogP contribution is 2.28. The summed E-state index contributed by atoms with van der Waals surface area (Å²) in [6.45, 7) is 1.96. The monoisotopic (exact) mass is 336 g/mol. The standard InChI is InChI=1S/C17H18F2N2O3/c1-20-17(22)15-10-21(7-8-23-15)9-11-5-6-14(24-11)16-12(18)3-2-4-13(16)19/h2-6,15H,7-10H2,1H3,(H,20,22). The number of carbonyl (C=O) groups excluding carboxylic acids is 1. The van der Waals surface area contributed by atoms with E-state index in [0.29, 0.717) is 32.0 Å². The van der Waals surface area contributed by atoms with Crippen molar-refractivity contribution >= 4 is 5.91 Å². The van der Waals surface area contributed by atoms with Crippen LogP contribution in [-0.2, 0) is 16.1 Å². The fourth-order valence-corrected chi connectivity index (χ4v) is 2.72. The number of furan rings is 1. The van der Waals surface area contributed by atoms with Crippen LogP contribution in [-0.4, -0.2) is 43.7 Å². The highest BCUT2D eigenvalue weighted by Gasteiger charge is 2.26. The quantitative estimate of drug-likeness (QED) is 0.930. The van der Waals surface area contributed by atoms with Crippen molar-refractivity contribution in [3.05, 3.63) is 47.7 Å². The highest BCUT2D eigenvalue weighted by molar-refractivity contribution is 5.80. The number of rotatable bonds is 4. The van der Waals surface area contributed by atoms with Gasteiger partial charge in [0.25, 0.3) is 0 Å². The van der Waals surface area contributed by atoms with Gasteiger partial charge in [-0.25, -0.2) is 8.78 Å². The maximum Gasteiger partial charge on any atom is 0.250 e. The van der Waals surface area contributed by atoms with Gasteiger partial charge in [0.05, 0.1) is 18.7 Å². The van der Waals surface area contributed by atoms with Crippen molar-refractivity contribution in [2.45, 2.75) is 12.6 Å². The zero-order chi connectivity index (χ0) is 17.1. The van der Waals surface area contributed by atoms with Gasteiger partial charge < -0.3 is 14.5 Å². The first-order chi connectivity index (χ1) is 11.6. The smallest absolute Gasteiger partial charge is 0.250 e. The molecule has 0 spiro atoms. The lowest BCUT2D eigenvalue weighted by Gasteiger charge is -2.31. The molecule has 3 rings (SSSR count). The molecule has 0 bridgehead atoms. The van der Waals surface area contributed by atoms with Crippen molar-refractivity contribution in [2.24, 2.45) is 0 Å². The molecule has 1 amide bonds. The lowest BCUT2D eigenvalue weighted by Crippen LogP contribution is -2.48. The first-order valence-corrected chi connectivity index (χ1v) is 7.67. The normalized spacial score (nSPS) is 18.5. The van der Waals surface area contributed by atoms with E-state index in [-0.39, 0.29) is 17.2 Å². The van der Waals surface area contributed by atoms with Gasteiger partial charge in [-0.1, -0.05) is 6.07 Å². The van der Waals surface area contributed by atoms with Gasteiger partial charge in [-0.15, -0.1) is 0 Å². The number of morpholine rings is 1. The Labute approximate surface area is 138 Å². The Bertz CT molecular complexity index is 712. The molecule has 1 aliphatic heterocycles. The van der Waals surface area contributed by atoms with Gasteiger partial charge in [0.15, 0.2) is 0 Å². The first-order valence-electron chi connectivity index (χ1n) is 7.67. The van der Waals surface area contributed by atoms with Crippen molar-refractivity contribution in [1.29, 1.82) is 0 Å². The van der Waals surface area contributed by atoms with E-state index in [1.54, 1.807) is 19.2 Å². The maximum atomic E-state index is 13.8. The van der Waals surface area contributed by atoms with Crippen LogP contribution in [0.4, 0.5) is 8.78 Å². The Balaban J connectivity index is 1.71. The summed E-state index contributed by atoms with van der Waals surface area (Å²) in [6, 6.07) is 6.93. The second-order valence-electron chi connectivity index (χ2n) is 5.57. The third-order valence-corrected chi connectivity index (χ3v) is 3.94. The molecule has 24 heavy (non-hydrogen) atoms. The van der Waals surface area contributed by atoms with E-state index < -0.39 is 17.7 Å². The van der Waals surface area contributed by atoms with Crippen LogP contribution in [0.2, 0.25) is 0 Å². The zero-order valence-corrected chi connectivity index (χ0v) is 13.2. The molecule has 1 aromatic heterocycles. The molecule has 2 aromatic rings. The summed E-state index contributed by atoms with van der Waals surface area (Å²) in [7, 11) is 1.56. The summed E-state index contributed by atoms with van der Waals surface area (Å²) < 4.78 is 38.6. The minimum absolute atomic E-state index is 0.150. The molecular weight excluding hydrogens is 318 g/mol. The molecule has 1 N–H and O–H groups in total. The van der Waals surface area contributed by atoms with Crippen LogP contribution in [0.25, 0.3) is 11.3 Å². The van der Waals surface area contributed by atoms with E-state index in [2.05, 4.69) is 5.32 Å². The van der Waals surface area contributed by atoms with E-state index in [0.717, 1.165) is 0 Å². The summed E-state index contributed by atoms with van der Waals surface area (Å²) >= 11 is 0. The second kappa shape index (κ2) is 7.11. The van der Waals surface area contributed by atoms with Crippen molar-refractivity contribution in [1.82, 2.24) is 10.2 Å². The minimum Gasteiger partial charge on any atom is -0.460 e. The van der Waals surface area contributed by atoms with Crippen LogP contribution in [0.15, 0.2) is 34.7 Å². The Morgan fingerprint density at radius 3 is 2.75 bits per heavy atom. The average Bonchev–Trinajstić information content (AvgIpc) is 3.02. The summed E-state index contributed by atoms with van der Waals surface area (Å²) in [5.74, 6) is -0.779. The van der Waals surface area contributed by atoms with Crippen molar-refractivity contribution in [3.63, 3.8) is 0 Å². The number of carbonyl (C=O) groups is 1. The molecule has 128 valence electrons. The van der Waals surface area contributed by atoms with E-state index >= 15 is 0 Å². The van der Waals surface area contributed by atoms with E-state index in [9.17, 15) is 13.6 Å². The Morgan fingerprint density at radius 2 is 2.04 bits per heavy atom. The number of ether oxygens (including phenoxy) is 1. The minimum atomic E-state index is -0.665. The van der Waals surface area contributed by atoms with E-state index in [1.807, 2.05) is 4.90 Å². The third-order valence-electron chi connectivity index (χ3n) is 3.94. The largest absolute Gasteiger partial charge is 0.460 e. The molecule has 1 atom stereocenters. The van der Waals surface area contributed by atoms with Crippen molar-refractivity contribution < 1.29 is 22.7 Å². The molecule has 1 unspecified atom stereocenters. The van der Waals surface area contributed by atoms with Gasteiger partial charge in [-0.2, -0.15) is 0 Å². The van der Waals surface area contributed by atoms with Crippen LogP contribution in [0.3, 0.4) is 0 Å². The second-order valence-corrected chi connectivity index (χ2v) is 5.57. The number of likely N-dealkylation sites (N-methyl/N-ethyl adjacent to an activating group) is 1. The van der Waals surface area contributed by atoms with Crippen molar-refractivity contribution in [2.75, 3.05) is 26.7 Å². The number of hydrogen-bond acceptors (Lipinski definition) is 4. The average molecular weight is 336 g/mol. The van der Waals surface area contributed by atoms with Crippen LogP contribution >= 0.6 is 0 Å². The molecule has 0 radical (unpaired) electrons. The number of hydrogen-bond donors (Lipinski definition) is 1. The Morgan fingerprint density at radius 1 is 1.29 bits per heavy atom. The number of nitrogens with one attached hydrogen (secondary N) is 1. The fourth-order valence-electron chi connectivity index (χ4n) is 2.72. The van der Waals surface area contributed by atoms with Gasteiger partial charge in [0.2, 0.25) is 5.91 Å². The summed E-state index contributed by atoms with van der Waals surface area (Å²) in [4.78, 5) is 13.7. The third kappa shape index (κ3) is 3.47. The summed E-state index contributed by atoms with van der Waals surface area (Å²) in [5, 5.41) is 2.56. The molecule has 1 aromatic carbocycles. The number of halogens is 2. The summed E-state index contributed by atoms with van der Waals surface area (Å²) in [6.07, 6.45) is -0.526. The van der Waals surface area contributed by atoms with E-state index in [1.165, 1.54) is 18.2 Å². The Hall–Kier alpha value is -2.25. The number of amides is 1. The van der Waals surface area contributed by atoms with Gasteiger partial charge in [0, 0.05) is 20.1 Å². The molecule has 7 heteroatoms. The van der Waals surface area contributed by atoms with Crippen molar-refractivity contribution in [3.8, 4) is 11.3 Å². The fraction of sp³-hybridized carbons (Fsp3) is 0.353. The SMILES string of the molecule is CNC(=O)C1CN(Cc2ccc(-c3c(F)cccc3F)o2)CCO1. The molecule has 0 aliphatic carbocycles. The molecule has 5 nitrogen and oxygen atoms in total. The van der Waals surface area contributed by atoms with Gasteiger partial charge >= 0.3 is 0 Å². The van der Waals surface area contributed by atoms with E-state index in [4.69, 9.17) is 9.15 Å². The maximum absolute atomic E-state index is 13.8. The molecular formula is C17H18F2N2O3. The Kier molecular flexibility index (Phi) is 4.92. The highest BCUT2D eigenvalue weighted by atomic mass is 19.1.